The molecule has 0 saturated heterocycles. The van der Waals surface area contributed by atoms with Gasteiger partial charge in [0.2, 0.25) is 0 Å². The van der Waals surface area contributed by atoms with Gasteiger partial charge in [-0.1, -0.05) is 25.1 Å². The van der Waals surface area contributed by atoms with Crippen LogP contribution < -0.4 is 0 Å². The van der Waals surface area contributed by atoms with E-state index >= 15 is 0 Å². The molecule has 0 aliphatic heterocycles. The summed E-state index contributed by atoms with van der Waals surface area (Å²) in [5.74, 6) is 2.44. The molecule has 3 aliphatic carbocycles. The fourth-order valence-corrected chi connectivity index (χ4v) is 6.94. The van der Waals surface area contributed by atoms with Crippen LogP contribution in [0.5, 0.6) is 0 Å². The Morgan fingerprint density at radius 3 is 2.75 bits per heavy atom. The Hall–Kier alpha value is -2.22. The lowest BCUT2D eigenvalue weighted by Crippen LogP contribution is -2.42. The van der Waals surface area contributed by atoms with Crippen LogP contribution in [0.3, 0.4) is 0 Å². The standard InChI is InChI=1S/C26H27NO/c1-15-17-5-3-4-6-23(17)27-24-13-16-7-8-19-18(21(16)14-20(15)24)11-12-26(2)22(19)9-10-25(26)28/h3-6,13-14,18-19,22H,7-12H2,1-2H3/t18-,19+,22-,26-/m0/s1. The van der Waals surface area contributed by atoms with Gasteiger partial charge in [0, 0.05) is 22.6 Å². The van der Waals surface area contributed by atoms with Crippen molar-refractivity contribution in [1.29, 1.82) is 0 Å². The van der Waals surface area contributed by atoms with Gasteiger partial charge in [0.1, 0.15) is 5.78 Å². The van der Waals surface area contributed by atoms with Crippen molar-refractivity contribution in [1.82, 2.24) is 4.98 Å². The van der Waals surface area contributed by atoms with Gasteiger partial charge in [0.25, 0.3) is 0 Å². The van der Waals surface area contributed by atoms with E-state index in [1.54, 1.807) is 5.56 Å². The van der Waals surface area contributed by atoms with Gasteiger partial charge in [-0.2, -0.15) is 0 Å². The molecule has 2 nitrogen and oxygen atoms in total. The number of ketones is 1. The van der Waals surface area contributed by atoms with E-state index in [4.69, 9.17) is 4.98 Å². The molecule has 4 atom stereocenters. The predicted molar refractivity (Wildman–Crippen MR) is 114 cm³/mol. The maximum Gasteiger partial charge on any atom is 0.139 e. The van der Waals surface area contributed by atoms with Crippen LogP contribution in [-0.4, -0.2) is 10.8 Å². The van der Waals surface area contributed by atoms with Gasteiger partial charge >= 0.3 is 0 Å². The molecular weight excluding hydrogens is 342 g/mol. The third-order valence-electron chi connectivity index (χ3n) is 8.50. The molecule has 2 aromatic carbocycles. The van der Waals surface area contributed by atoms with E-state index in [-0.39, 0.29) is 5.41 Å². The molecule has 0 amide bonds. The lowest BCUT2D eigenvalue weighted by Gasteiger charge is -2.48. The highest BCUT2D eigenvalue weighted by Crippen LogP contribution is 2.59. The number of hydrogen-bond donors (Lipinski definition) is 0. The van der Waals surface area contributed by atoms with Crippen molar-refractivity contribution in [2.45, 2.75) is 58.3 Å². The Kier molecular flexibility index (Phi) is 3.37. The van der Waals surface area contributed by atoms with E-state index in [0.29, 0.717) is 23.5 Å². The summed E-state index contributed by atoms with van der Waals surface area (Å²) in [6.07, 6.45) is 6.55. The minimum absolute atomic E-state index is 0.0385. The van der Waals surface area contributed by atoms with E-state index in [0.717, 1.165) is 36.7 Å². The van der Waals surface area contributed by atoms with Crippen LogP contribution in [0.1, 0.15) is 61.6 Å². The van der Waals surface area contributed by atoms with Gasteiger partial charge in [0.05, 0.1) is 11.0 Å². The monoisotopic (exact) mass is 369 g/mol. The average molecular weight is 370 g/mol. The van der Waals surface area contributed by atoms with Gasteiger partial charge in [0.15, 0.2) is 0 Å². The van der Waals surface area contributed by atoms with Gasteiger partial charge in [-0.05, 0) is 91.7 Å². The van der Waals surface area contributed by atoms with Gasteiger partial charge in [-0.25, -0.2) is 4.98 Å². The van der Waals surface area contributed by atoms with Gasteiger partial charge in [-0.3, -0.25) is 4.79 Å². The smallest absolute Gasteiger partial charge is 0.139 e. The van der Waals surface area contributed by atoms with E-state index < -0.39 is 0 Å². The van der Waals surface area contributed by atoms with Crippen LogP contribution in [0.15, 0.2) is 36.4 Å². The van der Waals surface area contributed by atoms with Crippen LogP contribution in [-0.2, 0) is 11.2 Å². The maximum absolute atomic E-state index is 12.6. The Morgan fingerprint density at radius 2 is 1.86 bits per heavy atom. The zero-order valence-corrected chi connectivity index (χ0v) is 16.8. The SMILES string of the molecule is Cc1c2ccccc2nc2cc3c(cc12)[C@H]1CC[C@]2(C)C(=O)CC[C@H]2[C@@H]1CC3. The zero-order chi connectivity index (χ0) is 19.0. The number of Topliss-reactive ketones (excluding diaryl/α,β-unsaturated/α-hetero) is 1. The number of hydrogen-bond acceptors (Lipinski definition) is 2. The highest BCUT2D eigenvalue weighted by Gasteiger charge is 2.54. The quantitative estimate of drug-likeness (QED) is 0.447. The Bertz CT molecular complexity index is 1150. The molecule has 1 heterocycles. The maximum atomic E-state index is 12.6. The number of rotatable bonds is 0. The number of nitrogens with zero attached hydrogens (tertiary/aromatic N) is 1. The molecule has 28 heavy (non-hydrogen) atoms. The normalized spacial score (nSPS) is 31.6. The molecular formula is C26H27NO. The van der Waals surface area contributed by atoms with Crippen molar-refractivity contribution in [3.8, 4) is 0 Å². The molecule has 0 spiro atoms. The highest BCUT2D eigenvalue weighted by atomic mass is 16.1. The molecule has 3 aliphatic rings. The van der Waals surface area contributed by atoms with Gasteiger partial charge in [-0.15, -0.1) is 0 Å². The molecule has 6 rings (SSSR count). The summed E-state index contributed by atoms with van der Waals surface area (Å²) in [4.78, 5) is 17.6. The lowest BCUT2D eigenvalue weighted by atomic mass is 9.55. The average Bonchev–Trinajstić information content (AvgIpc) is 3.02. The van der Waals surface area contributed by atoms with E-state index in [1.807, 2.05) is 0 Å². The summed E-state index contributed by atoms with van der Waals surface area (Å²) >= 11 is 0. The molecule has 0 N–H and O–H groups in total. The molecule has 2 fully saturated rings. The number of carbonyl (C=O) groups is 1. The summed E-state index contributed by atoms with van der Waals surface area (Å²) in [5, 5.41) is 2.58. The van der Waals surface area contributed by atoms with Crippen LogP contribution in [0.2, 0.25) is 0 Å². The van der Waals surface area contributed by atoms with Crippen LogP contribution in [0.25, 0.3) is 21.8 Å². The first-order valence-electron chi connectivity index (χ1n) is 10.9. The first-order valence-corrected chi connectivity index (χ1v) is 10.9. The third kappa shape index (κ3) is 2.09. The summed E-state index contributed by atoms with van der Waals surface area (Å²) in [6.45, 7) is 4.51. The van der Waals surface area contributed by atoms with Crippen LogP contribution in [0, 0.1) is 24.2 Å². The minimum atomic E-state index is -0.0385. The molecule has 1 aromatic heterocycles. The Labute approximate surface area is 166 Å². The second-order valence-corrected chi connectivity index (χ2v) is 9.66. The fourth-order valence-electron chi connectivity index (χ4n) is 6.94. The van der Waals surface area contributed by atoms with Crippen molar-refractivity contribution in [2.75, 3.05) is 0 Å². The third-order valence-corrected chi connectivity index (χ3v) is 8.50. The molecule has 0 unspecified atom stereocenters. The molecule has 142 valence electrons. The number of pyridine rings is 1. The lowest BCUT2D eigenvalue weighted by molar-refractivity contribution is -0.129. The zero-order valence-electron chi connectivity index (χ0n) is 16.8. The molecule has 0 radical (unpaired) electrons. The summed E-state index contributed by atoms with van der Waals surface area (Å²) < 4.78 is 0. The summed E-state index contributed by atoms with van der Waals surface area (Å²) in [7, 11) is 0. The number of carbonyl (C=O) groups excluding carboxylic acids is 1. The molecule has 3 aromatic rings. The van der Waals surface area contributed by atoms with Crippen molar-refractivity contribution >= 4 is 27.6 Å². The second-order valence-electron chi connectivity index (χ2n) is 9.66. The number of aromatic nitrogens is 1. The second kappa shape index (κ2) is 5.65. The van der Waals surface area contributed by atoms with Crippen molar-refractivity contribution in [2.24, 2.45) is 17.3 Å². The fraction of sp³-hybridized carbons (Fsp3) is 0.462. The van der Waals surface area contributed by atoms with Gasteiger partial charge < -0.3 is 0 Å². The van der Waals surface area contributed by atoms with Crippen LogP contribution in [0.4, 0.5) is 0 Å². The van der Waals surface area contributed by atoms with Crippen molar-refractivity contribution in [3.05, 3.63) is 53.1 Å². The molecule has 2 saturated carbocycles. The largest absolute Gasteiger partial charge is 0.299 e. The first kappa shape index (κ1) is 16.7. The summed E-state index contributed by atoms with van der Waals surface area (Å²) in [6, 6.07) is 13.3. The van der Waals surface area contributed by atoms with E-state index in [1.165, 1.54) is 34.7 Å². The minimum Gasteiger partial charge on any atom is -0.299 e. The molecule has 2 heteroatoms. The highest BCUT2D eigenvalue weighted by molar-refractivity contribution is 5.97. The van der Waals surface area contributed by atoms with Crippen molar-refractivity contribution in [3.63, 3.8) is 0 Å². The van der Waals surface area contributed by atoms with Crippen molar-refractivity contribution < 1.29 is 4.79 Å². The van der Waals surface area contributed by atoms with E-state index in [2.05, 4.69) is 50.2 Å². The number of benzene rings is 2. The number of fused-ring (bicyclic) bond motifs is 7. The Morgan fingerprint density at radius 1 is 1.00 bits per heavy atom. The predicted octanol–water partition coefficient (Wildman–Crippen LogP) is 6.12. The Balaban J connectivity index is 1.51. The first-order chi connectivity index (χ1) is 13.6. The topological polar surface area (TPSA) is 30.0 Å². The van der Waals surface area contributed by atoms with E-state index in [9.17, 15) is 4.79 Å². The van der Waals surface area contributed by atoms with Crippen LogP contribution >= 0.6 is 0 Å². The number of aryl methyl sites for hydroxylation is 2. The molecule has 0 bridgehead atoms. The number of para-hydroxylation sites is 1. The summed E-state index contributed by atoms with van der Waals surface area (Å²) in [5.41, 5.74) is 6.61.